The molecule has 1 fully saturated rings. The Labute approximate surface area is 154 Å². The second-order valence-corrected chi connectivity index (χ2v) is 6.50. The number of carbonyl (C=O) groups excluding carboxylic acids is 2. The maximum atomic E-state index is 12.6. The van der Waals surface area contributed by atoms with Crippen LogP contribution in [0.3, 0.4) is 0 Å². The number of rotatable bonds is 6. The normalized spacial score (nSPS) is 16.3. The molecule has 0 aromatic heterocycles. The standard InChI is InChI=1S/C21H24N2O3/c1-26-21(25)19(14-17-8-4-2-5-9-17)22-12-13-23(20(24)16-22)15-18-10-6-3-7-11-18/h2-11,19H,12-16H2,1H3/t19-/m0/s1. The third kappa shape index (κ3) is 4.49. The van der Waals surface area contributed by atoms with Crippen LogP contribution >= 0.6 is 0 Å². The van der Waals surface area contributed by atoms with Crippen molar-refractivity contribution in [3.63, 3.8) is 0 Å². The van der Waals surface area contributed by atoms with E-state index in [-0.39, 0.29) is 18.4 Å². The first kappa shape index (κ1) is 18.1. The molecule has 2 aromatic carbocycles. The van der Waals surface area contributed by atoms with E-state index in [1.807, 2.05) is 70.5 Å². The minimum absolute atomic E-state index is 0.0436. The lowest BCUT2D eigenvalue weighted by atomic mass is 10.0. The zero-order valence-corrected chi connectivity index (χ0v) is 15.0. The molecule has 0 spiro atoms. The molecule has 1 aliphatic rings. The van der Waals surface area contributed by atoms with E-state index < -0.39 is 6.04 Å². The predicted octanol–water partition coefficient (Wildman–Crippen LogP) is 2.12. The van der Waals surface area contributed by atoms with Crippen LogP contribution in [0.15, 0.2) is 60.7 Å². The molecule has 1 saturated heterocycles. The Morgan fingerprint density at radius 3 is 2.19 bits per heavy atom. The number of hydrogen-bond donors (Lipinski definition) is 0. The van der Waals surface area contributed by atoms with E-state index in [0.717, 1.165) is 11.1 Å². The summed E-state index contributed by atoms with van der Waals surface area (Å²) in [7, 11) is 1.40. The number of amides is 1. The van der Waals surface area contributed by atoms with E-state index in [0.29, 0.717) is 26.1 Å². The molecule has 0 saturated carbocycles. The summed E-state index contributed by atoms with van der Waals surface area (Å²) in [6.07, 6.45) is 0.541. The molecule has 26 heavy (non-hydrogen) atoms. The van der Waals surface area contributed by atoms with Gasteiger partial charge in [0.25, 0.3) is 0 Å². The number of carbonyl (C=O) groups is 2. The Morgan fingerprint density at radius 2 is 1.62 bits per heavy atom. The molecule has 1 aliphatic heterocycles. The molecule has 2 aromatic rings. The fourth-order valence-corrected chi connectivity index (χ4v) is 3.30. The van der Waals surface area contributed by atoms with Crippen molar-refractivity contribution in [2.24, 2.45) is 0 Å². The first-order chi connectivity index (χ1) is 12.7. The summed E-state index contributed by atoms with van der Waals surface area (Å²) in [6.45, 7) is 2.11. The molecule has 0 radical (unpaired) electrons. The topological polar surface area (TPSA) is 49.9 Å². The van der Waals surface area contributed by atoms with Gasteiger partial charge >= 0.3 is 5.97 Å². The lowest BCUT2D eigenvalue weighted by molar-refractivity contribution is -0.150. The molecule has 5 nitrogen and oxygen atoms in total. The average molecular weight is 352 g/mol. The van der Waals surface area contributed by atoms with Gasteiger partial charge in [0, 0.05) is 19.6 Å². The highest BCUT2D eigenvalue weighted by Gasteiger charge is 2.33. The zero-order chi connectivity index (χ0) is 18.4. The fourth-order valence-electron chi connectivity index (χ4n) is 3.30. The van der Waals surface area contributed by atoms with Crippen molar-refractivity contribution in [3.05, 3.63) is 71.8 Å². The summed E-state index contributed by atoms with van der Waals surface area (Å²) in [5, 5.41) is 0. The van der Waals surface area contributed by atoms with Crippen molar-refractivity contribution in [2.75, 3.05) is 26.7 Å². The van der Waals surface area contributed by atoms with Crippen molar-refractivity contribution in [3.8, 4) is 0 Å². The van der Waals surface area contributed by atoms with E-state index in [4.69, 9.17) is 4.74 Å². The second-order valence-electron chi connectivity index (χ2n) is 6.50. The van der Waals surface area contributed by atoms with E-state index in [9.17, 15) is 9.59 Å². The first-order valence-electron chi connectivity index (χ1n) is 8.85. The van der Waals surface area contributed by atoms with Crippen LogP contribution in [0.1, 0.15) is 11.1 Å². The first-order valence-corrected chi connectivity index (χ1v) is 8.85. The van der Waals surface area contributed by atoms with Gasteiger partial charge in [-0.05, 0) is 17.5 Å². The minimum Gasteiger partial charge on any atom is -0.468 e. The minimum atomic E-state index is -0.440. The number of piperazine rings is 1. The smallest absolute Gasteiger partial charge is 0.323 e. The van der Waals surface area contributed by atoms with E-state index in [1.54, 1.807) is 0 Å². The van der Waals surface area contributed by atoms with Crippen LogP contribution in [0.4, 0.5) is 0 Å². The summed E-state index contributed by atoms with van der Waals surface area (Å²) in [5.41, 5.74) is 2.17. The molecule has 0 unspecified atom stereocenters. The molecule has 0 aliphatic carbocycles. The van der Waals surface area contributed by atoms with Crippen molar-refractivity contribution in [1.29, 1.82) is 0 Å². The number of nitrogens with zero attached hydrogens (tertiary/aromatic N) is 2. The highest BCUT2D eigenvalue weighted by Crippen LogP contribution is 2.16. The van der Waals surface area contributed by atoms with Crippen LogP contribution in [-0.4, -0.2) is 54.5 Å². The van der Waals surface area contributed by atoms with Crippen molar-refractivity contribution >= 4 is 11.9 Å². The van der Waals surface area contributed by atoms with Gasteiger partial charge in [-0.25, -0.2) is 0 Å². The Kier molecular flexibility index (Phi) is 6.02. The molecule has 3 rings (SSSR count). The van der Waals surface area contributed by atoms with Gasteiger partial charge in [0.05, 0.1) is 13.7 Å². The van der Waals surface area contributed by atoms with Gasteiger partial charge in [0.2, 0.25) is 5.91 Å². The van der Waals surface area contributed by atoms with Gasteiger partial charge in [-0.1, -0.05) is 60.7 Å². The van der Waals surface area contributed by atoms with Crippen LogP contribution in [-0.2, 0) is 27.3 Å². The van der Waals surface area contributed by atoms with E-state index in [2.05, 4.69) is 0 Å². The Bertz CT molecular complexity index is 733. The third-order valence-electron chi connectivity index (χ3n) is 4.75. The molecule has 5 heteroatoms. The fraction of sp³-hybridized carbons (Fsp3) is 0.333. The lowest BCUT2D eigenvalue weighted by Gasteiger charge is -2.37. The van der Waals surface area contributed by atoms with Crippen molar-refractivity contribution in [1.82, 2.24) is 9.80 Å². The third-order valence-corrected chi connectivity index (χ3v) is 4.75. The molecule has 0 bridgehead atoms. The lowest BCUT2D eigenvalue weighted by Crippen LogP contribution is -2.55. The summed E-state index contributed by atoms with van der Waals surface area (Å²) >= 11 is 0. The van der Waals surface area contributed by atoms with Crippen LogP contribution in [0, 0.1) is 0 Å². The Balaban J connectivity index is 1.66. The number of benzene rings is 2. The van der Waals surface area contributed by atoms with Gasteiger partial charge in [-0.3, -0.25) is 14.5 Å². The Morgan fingerprint density at radius 1 is 1.00 bits per heavy atom. The summed E-state index contributed by atoms with van der Waals surface area (Å²) in [4.78, 5) is 28.7. The average Bonchev–Trinajstić information content (AvgIpc) is 2.69. The zero-order valence-electron chi connectivity index (χ0n) is 15.0. The molecule has 136 valence electrons. The molecule has 1 heterocycles. The highest BCUT2D eigenvalue weighted by atomic mass is 16.5. The van der Waals surface area contributed by atoms with Crippen LogP contribution in [0.25, 0.3) is 0 Å². The van der Waals surface area contributed by atoms with Crippen molar-refractivity contribution < 1.29 is 14.3 Å². The molecule has 1 amide bonds. The molecular formula is C21H24N2O3. The van der Waals surface area contributed by atoms with Gasteiger partial charge in [-0.15, -0.1) is 0 Å². The molecule has 1 atom stereocenters. The highest BCUT2D eigenvalue weighted by molar-refractivity contribution is 5.81. The maximum Gasteiger partial charge on any atom is 0.323 e. The van der Waals surface area contributed by atoms with E-state index in [1.165, 1.54) is 7.11 Å². The number of hydrogen-bond acceptors (Lipinski definition) is 4. The van der Waals surface area contributed by atoms with Crippen LogP contribution in [0.5, 0.6) is 0 Å². The van der Waals surface area contributed by atoms with Crippen molar-refractivity contribution in [2.45, 2.75) is 19.0 Å². The summed E-state index contributed by atoms with van der Waals surface area (Å²) < 4.78 is 4.99. The number of methoxy groups -OCH3 is 1. The largest absolute Gasteiger partial charge is 0.468 e. The summed E-state index contributed by atoms with van der Waals surface area (Å²) in [6, 6.07) is 19.3. The van der Waals surface area contributed by atoms with Gasteiger partial charge < -0.3 is 9.64 Å². The predicted molar refractivity (Wildman–Crippen MR) is 99.4 cm³/mol. The monoisotopic (exact) mass is 352 g/mol. The van der Waals surface area contributed by atoms with Gasteiger partial charge in [0.15, 0.2) is 0 Å². The summed E-state index contributed by atoms with van der Waals surface area (Å²) in [5.74, 6) is -0.250. The Hall–Kier alpha value is -2.66. The van der Waals surface area contributed by atoms with Gasteiger partial charge in [-0.2, -0.15) is 0 Å². The quantitative estimate of drug-likeness (QED) is 0.747. The van der Waals surface area contributed by atoms with E-state index >= 15 is 0 Å². The molecule has 0 N–H and O–H groups in total. The maximum absolute atomic E-state index is 12.6. The number of esters is 1. The number of ether oxygens (including phenoxy) is 1. The second kappa shape index (κ2) is 8.63. The SMILES string of the molecule is COC(=O)[C@H](Cc1ccccc1)N1CCN(Cc2ccccc2)C(=O)C1. The van der Waals surface area contributed by atoms with Crippen LogP contribution in [0.2, 0.25) is 0 Å². The van der Waals surface area contributed by atoms with Crippen LogP contribution < -0.4 is 0 Å². The van der Waals surface area contributed by atoms with Gasteiger partial charge in [0.1, 0.15) is 6.04 Å². The molecular weight excluding hydrogens is 328 g/mol.